The molecule has 0 aromatic rings. The maximum absolute atomic E-state index is 2.38. The molecule has 0 saturated carbocycles. The molecule has 206 valence electrons. The zero-order valence-electron chi connectivity index (χ0n) is 24.8. The Kier molecular flexibility index (Phi) is 29.2. The van der Waals surface area contributed by atoms with Gasteiger partial charge < -0.3 is 4.90 Å². The third kappa shape index (κ3) is 28.2. The highest BCUT2D eigenvalue weighted by molar-refractivity contribution is 4.63. The highest BCUT2D eigenvalue weighted by Crippen LogP contribution is 2.22. The van der Waals surface area contributed by atoms with Crippen molar-refractivity contribution < 1.29 is 0 Å². The van der Waals surface area contributed by atoms with E-state index in [4.69, 9.17) is 0 Å². The van der Waals surface area contributed by atoms with E-state index >= 15 is 0 Å². The Balaban J connectivity index is 3.49. The average molecular weight is 480 g/mol. The number of unbranched alkanes of at least 4 members (excludes halogenated alkanes) is 22. The zero-order valence-corrected chi connectivity index (χ0v) is 24.8. The number of hydrogen-bond donors (Lipinski definition) is 0. The zero-order chi connectivity index (χ0) is 25.0. The van der Waals surface area contributed by atoms with Crippen LogP contribution in [-0.2, 0) is 0 Å². The lowest BCUT2D eigenvalue weighted by Crippen LogP contribution is -2.17. The van der Waals surface area contributed by atoms with Crippen molar-refractivity contribution in [3.8, 4) is 0 Å². The van der Waals surface area contributed by atoms with E-state index in [1.54, 1.807) is 0 Å². The monoisotopic (exact) mass is 480 g/mol. The largest absolute Gasteiger partial charge is 0.309 e. The van der Waals surface area contributed by atoms with E-state index in [9.17, 15) is 0 Å². The molecule has 1 heteroatoms. The lowest BCUT2D eigenvalue weighted by atomic mass is 9.91. The molecule has 0 saturated heterocycles. The fourth-order valence-electron chi connectivity index (χ4n) is 5.42. The summed E-state index contributed by atoms with van der Waals surface area (Å²) in [6, 6.07) is 0. The Morgan fingerprint density at radius 2 is 0.618 bits per heavy atom. The van der Waals surface area contributed by atoms with Crippen molar-refractivity contribution >= 4 is 0 Å². The molecule has 1 atom stereocenters. The quantitative estimate of drug-likeness (QED) is 0.0964. The first-order chi connectivity index (χ1) is 16.7. The molecule has 1 unspecified atom stereocenters. The highest BCUT2D eigenvalue weighted by atomic mass is 15.0. The third-order valence-electron chi connectivity index (χ3n) is 7.92. The molecule has 0 bridgehead atoms. The fourth-order valence-corrected chi connectivity index (χ4v) is 5.42. The van der Waals surface area contributed by atoms with Gasteiger partial charge >= 0.3 is 0 Å². The van der Waals surface area contributed by atoms with Crippen molar-refractivity contribution in [3.63, 3.8) is 0 Å². The average Bonchev–Trinajstić information content (AvgIpc) is 2.83. The number of rotatable bonds is 29. The number of hydrogen-bond acceptors (Lipinski definition) is 1. The molecule has 1 nitrogen and oxygen atoms in total. The summed E-state index contributed by atoms with van der Waals surface area (Å²) in [6.45, 7) is 5.90. The predicted molar refractivity (Wildman–Crippen MR) is 158 cm³/mol. The van der Waals surface area contributed by atoms with E-state index < -0.39 is 0 Å². The van der Waals surface area contributed by atoms with E-state index in [2.05, 4.69) is 32.8 Å². The lowest BCUT2D eigenvalue weighted by Gasteiger charge is -2.19. The molecule has 0 aromatic heterocycles. The van der Waals surface area contributed by atoms with Crippen LogP contribution in [0.2, 0.25) is 0 Å². The minimum atomic E-state index is 0.981. The van der Waals surface area contributed by atoms with Crippen molar-refractivity contribution in [1.82, 2.24) is 4.90 Å². The maximum atomic E-state index is 2.38. The van der Waals surface area contributed by atoms with Crippen LogP contribution in [0.4, 0.5) is 0 Å². The van der Waals surface area contributed by atoms with Crippen molar-refractivity contribution in [3.05, 3.63) is 0 Å². The van der Waals surface area contributed by atoms with Gasteiger partial charge in [-0.1, -0.05) is 181 Å². The third-order valence-corrected chi connectivity index (χ3v) is 7.92. The van der Waals surface area contributed by atoms with Gasteiger partial charge in [-0.25, -0.2) is 0 Å². The van der Waals surface area contributed by atoms with Crippen LogP contribution in [0.5, 0.6) is 0 Å². The van der Waals surface area contributed by atoms with Gasteiger partial charge in [-0.3, -0.25) is 0 Å². The van der Waals surface area contributed by atoms with Gasteiger partial charge in [0.05, 0.1) is 0 Å². The van der Waals surface area contributed by atoms with Gasteiger partial charge in [0.2, 0.25) is 0 Å². The summed E-state index contributed by atoms with van der Waals surface area (Å²) < 4.78 is 0. The molecule has 0 amide bonds. The molecule has 0 rings (SSSR count). The summed E-state index contributed by atoms with van der Waals surface area (Å²) in [5.41, 5.74) is 0. The molecule has 0 aliphatic carbocycles. The molecule has 34 heavy (non-hydrogen) atoms. The molecular formula is C33H69N. The minimum Gasteiger partial charge on any atom is -0.309 e. The van der Waals surface area contributed by atoms with E-state index in [1.165, 1.54) is 180 Å². The van der Waals surface area contributed by atoms with Crippen LogP contribution in [0.15, 0.2) is 0 Å². The molecule has 0 aromatic carbocycles. The topological polar surface area (TPSA) is 3.24 Å². The molecule has 0 fully saturated rings. The minimum absolute atomic E-state index is 0.981. The van der Waals surface area contributed by atoms with Gasteiger partial charge in [0.25, 0.3) is 0 Å². The van der Waals surface area contributed by atoms with Crippen molar-refractivity contribution in [2.45, 2.75) is 187 Å². The molecule has 0 spiro atoms. The van der Waals surface area contributed by atoms with E-state index in [1.807, 2.05) is 0 Å². The summed E-state index contributed by atoms with van der Waals surface area (Å²) in [7, 11) is 4.47. The summed E-state index contributed by atoms with van der Waals surface area (Å²) in [5, 5.41) is 0. The molecular weight excluding hydrogens is 410 g/mol. The lowest BCUT2D eigenvalue weighted by molar-refractivity contribution is 0.314. The number of nitrogens with zero attached hydrogens (tertiary/aromatic N) is 1. The van der Waals surface area contributed by atoms with Gasteiger partial charge in [-0.15, -0.1) is 0 Å². The Morgan fingerprint density at radius 1 is 0.353 bits per heavy atom. The van der Waals surface area contributed by atoms with Gasteiger partial charge in [0.15, 0.2) is 0 Å². The molecule has 0 aliphatic rings. The van der Waals surface area contributed by atoms with E-state index in [-0.39, 0.29) is 0 Å². The normalized spacial score (nSPS) is 12.6. The van der Waals surface area contributed by atoms with E-state index in [0.29, 0.717) is 0 Å². The molecule has 0 aliphatic heterocycles. The summed E-state index contributed by atoms with van der Waals surface area (Å²) in [4.78, 5) is 2.38. The molecule has 0 N–H and O–H groups in total. The first-order valence-corrected chi connectivity index (χ1v) is 16.3. The Labute approximate surface area is 218 Å². The molecule has 0 heterocycles. The second-order valence-electron chi connectivity index (χ2n) is 11.8. The van der Waals surface area contributed by atoms with Crippen LogP contribution in [0.25, 0.3) is 0 Å². The SMILES string of the molecule is CCCCCCCCCCCCCCCCCCCC(CCCCCCCCC)CCN(C)C. The maximum Gasteiger partial charge on any atom is -0.00222 e. The van der Waals surface area contributed by atoms with Crippen molar-refractivity contribution in [2.24, 2.45) is 5.92 Å². The highest BCUT2D eigenvalue weighted by Gasteiger charge is 2.09. The predicted octanol–water partition coefficient (Wildman–Crippen LogP) is 11.7. The van der Waals surface area contributed by atoms with Gasteiger partial charge in [-0.2, -0.15) is 0 Å². The summed E-state index contributed by atoms with van der Waals surface area (Å²) >= 11 is 0. The van der Waals surface area contributed by atoms with Crippen LogP contribution in [-0.4, -0.2) is 25.5 Å². The standard InChI is InChI=1S/C33H69N/c1-5-7-9-11-13-14-15-16-17-18-19-20-21-22-24-26-28-30-33(31-32-34(3)4)29-27-25-23-12-10-8-6-2/h33H,5-32H2,1-4H3. The first-order valence-electron chi connectivity index (χ1n) is 16.3. The first kappa shape index (κ1) is 34.0. The van der Waals surface area contributed by atoms with Crippen LogP contribution in [0.1, 0.15) is 187 Å². The second kappa shape index (κ2) is 29.2. The Hall–Kier alpha value is -0.0400. The van der Waals surface area contributed by atoms with Crippen LogP contribution >= 0.6 is 0 Å². The Bertz CT molecular complexity index is 350. The summed E-state index contributed by atoms with van der Waals surface area (Å²) in [6.07, 6.45) is 39.6. The summed E-state index contributed by atoms with van der Waals surface area (Å²) in [5.74, 6) is 0.981. The Morgan fingerprint density at radius 3 is 0.882 bits per heavy atom. The van der Waals surface area contributed by atoms with Gasteiger partial charge in [-0.05, 0) is 33.0 Å². The van der Waals surface area contributed by atoms with Crippen molar-refractivity contribution in [2.75, 3.05) is 20.6 Å². The second-order valence-corrected chi connectivity index (χ2v) is 11.8. The smallest absolute Gasteiger partial charge is 0.00222 e. The van der Waals surface area contributed by atoms with Crippen LogP contribution in [0, 0.1) is 5.92 Å². The molecule has 0 radical (unpaired) electrons. The van der Waals surface area contributed by atoms with Crippen LogP contribution < -0.4 is 0 Å². The van der Waals surface area contributed by atoms with Crippen LogP contribution in [0.3, 0.4) is 0 Å². The van der Waals surface area contributed by atoms with Gasteiger partial charge in [0, 0.05) is 0 Å². The van der Waals surface area contributed by atoms with E-state index in [0.717, 1.165) is 5.92 Å². The van der Waals surface area contributed by atoms with Gasteiger partial charge in [0.1, 0.15) is 0 Å². The fraction of sp³-hybridized carbons (Fsp3) is 1.00. The van der Waals surface area contributed by atoms with Crippen molar-refractivity contribution in [1.29, 1.82) is 0 Å².